The fourth-order valence-electron chi connectivity index (χ4n) is 1.09. The topological polar surface area (TPSA) is 90.9 Å². The molecule has 0 radical (unpaired) electrons. The average molecular weight is 182 g/mol. The van der Waals surface area contributed by atoms with E-state index in [0.717, 1.165) is 12.8 Å². The lowest BCUT2D eigenvalue weighted by molar-refractivity contribution is 0.0901. The van der Waals surface area contributed by atoms with E-state index in [1.54, 1.807) is 0 Å². The van der Waals surface area contributed by atoms with Crippen molar-refractivity contribution in [3.8, 4) is 0 Å². The number of hydrogen-bond acceptors (Lipinski definition) is 4. The van der Waals surface area contributed by atoms with Crippen LogP contribution in [0.3, 0.4) is 0 Å². The Labute approximate surface area is 74.3 Å². The van der Waals surface area contributed by atoms with Gasteiger partial charge in [0.1, 0.15) is 0 Å². The minimum atomic E-state index is -0.393. The zero-order valence-electron chi connectivity index (χ0n) is 6.95. The van der Waals surface area contributed by atoms with Crippen molar-refractivity contribution in [2.24, 2.45) is 0 Å². The van der Waals surface area contributed by atoms with Gasteiger partial charge in [0.15, 0.2) is 5.69 Å². The number of aliphatic hydroxyl groups is 1. The minimum Gasteiger partial charge on any atom is -0.394 e. The second-order valence-electron chi connectivity index (χ2n) is 3.25. The summed E-state index contributed by atoms with van der Waals surface area (Å²) >= 11 is 0. The van der Waals surface area contributed by atoms with E-state index >= 15 is 0 Å². The molecule has 1 aliphatic carbocycles. The van der Waals surface area contributed by atoms with Gasteiger partial charge in [-0.3, -0.25) is 4.79 Å². The van der Waals surface area contributed by atoms with E-state index in [-0.39, 0.29) is 18.2 Å². The van der Waals surface area contributed by atoms with Crippen molar-refractivity contribution < 1.29 is 9.90 Å². The van der Waals surface area contributed by atoms with Crippen LogP contribution in [-0.4, -0.2) is 38.6 Å². The smallest absolute Gasteiger partial charge is 0.273 e. The molecular weight excluding hydrogens is 172 g/mol. The number of nitrogens with one attached hydrogen (secondary N) is 2. The minimum absolute atomic E-state index is 0.0173. The van der Waals surface area contributed by atoms with Gasteiger partial charge in [-0.1, -0.05) is 0 Å². The molecule has 1 aromatic heterocycles. The van der Waals surface area contributed by atoms with Crippen molar-refractivity contribution in [2.45, 2.75) is 18.4 Å². The summed E-state index contributed by atoms with van der Waals surface area (Å²) in [5.74, 6) is -0.291. The highest BCUT2D eigenvalue weighted by Gasteiger charge is 2.43. The van der Waals surface area contributed by atoms with Crippen molar-refractivity contribution in [1.29, 1.82) is 0 Å². The van der Waals surface area contributed by atoms with Crippen molar-refractivity contribution in [1.82, 2.24) is 20.7 Å². The SMILES string of the molecule is O=C(NC1(CO)CC1)c1cn[nH]n1. The average Bonchev–Trinajstić information content (AvgIpc) is 2.69. The normalized spacial score (nSPS) is 18.2. The monoisotopic (exact) mass is 182 g/mol. The fourth-order valence-corrected chi connectivity index (χ4v) is 1.09. The van der Waals surface area contributed by atoms with Crippen LogP contribution in [0.25, 0.3) is 0 Å². The first-order valence-corrected chi connectivity index (χ1v) is 4.05. The van der Waals surface area contributed by atoms with Crippen molar-refractivity contribution in [3.63, 3.8) is 0 Å². The number of carbonyl (C=O) groups excluding carboxylic acids is 1. The maximum absolute atomic E-state index is 11.4. The van der Waals surface area contributed by atoms with E-state index in [1.807, 2.05) is 0 Å². The van der Waals surface area contributed by atoms with E-state index in [0.29, 0.717) is 0 Å². The molecule has 1 saturated carbocycles. The van der Waals surface area contributed by atoms with E-state index < -0.39 is 5.54 Å². The largest absolute Gasteiger partial charge is 0.394 e. The van der Waals surface area contributed by atoms with E-state index in [4.69, 9.17) is 5.11 Å². The quantitative estimate of drug-likeness (QED) is 0.562. The lowest BCUT2D eigenvalue weighted by atomic mass is 10.3. The highest BCUT2D eigenvalue weighted by molar-refractivity contribution is 5.92. The third-order valence-electron chi connectivity index (χ3n) is 2.18. The molecule has 1 amide bonds. The number of nitrogens with zero attached hydrogens (tertiary/aromatic N) is 2. The van der Waals surface area contributed by atoms with Crippen LogP contribution in [0.4, 0.5) is 0 Å². The maximum Gasteiger partial charge on any atom is 0.273 e. The molecule has 13 heavy (non-hydrogen) atoms. The summed E-state index contributed by atoms with van der Waals surface area (Å²) < 4.78 is 0. The number of carbonyl (C=O) groups is 1. The van der Waals surface area contributed by atoms with Crippen LogP contribution in [0, 0.1) is 0 Å². The lowest BCUT2D eigenvalue weighted by Crippen LogP contribution is -2.39. The molecule has 1 aromatic rings. The van der Waals surface area contributed by atoms with Gasteiger partial charge in [-0.05, 0) is 12.8 Å². The van der Waals surface area contributed by atoms with Crippen LogP contribution >= 0.6 is 0 Å². The fraction of sp³-hybridized carbons (Fsp3) is 0.571. The summed E-state index contributed by atoms with van der Waals surface area (Å²) in [6, 6.07) is 0. The molecule has 0 bridgehead atoms. The lowest BCUT2D eigenvalue weighted by Gasteiger charge is -2.12. The Morgan fingerprint density at radius 1 is 1.77 bits per heavy atom. The molecule has 0 saturated heterocycles. The van der Waals surface area contributed by atoms with Crippen LogP contribution in [0.15, 0.2) is 6.20 Å². The van der Waals surface area contributed by atoms with Gasteiger partial charge >= 0.3 is 0 Å². The van der Waals surface area contributed by atoms with Gasteiger partial charge in [0.05, 0.1) is 18.3 Å². The molecule has 1 fully saturated rings. The third-order valence-corrected chi connectivity index (χ3v) is 2.18. The van der Waals surface area contributed by atoms with Gasteiger partial charge in [-0.25, -0.2) is 0 Å². The second kappa shape index (κ2) is 2.81. The number of aliphatic hydroxyl groups excluding tert-OH is 1. The molecule has 1 aliphatic rings. The van der Waals surface area contributed by atoms with Crippen LogP contribution in [0.2, 0.25) is 0 Å². The second-order valence-corrected chi connectivity index (χ2v) is 3.25. The molecule has 70 valence electrons. The Hall–Kier alpha value is -1.43. The van der Waals surface area contributed by atoms with Gasteiger partial charge in [0.2, 0.25) is 0 Å². The summed E-state index contributed by atoms with van der Waals surface area (Å²) in [5.41, 5.74) is -0.143. The predicted molar refractivity (Wildman–Crippen MR) is 42.9 cm³/mol. The molecule has 1 heterocycles. The zero-order chi connectivity index (χ0) is 9.31. The Morgan fingerprint density at radius 2 is 2.54 bits per heavy atom. The Morgan fingerprint density at radius 3 is 3.00 bits per heavy atom. The Bertz CT molecular complexity index is 304. The standard InChI is InChI=1S/C7H10N4O2/c12-4-7(1-2-7)9-6(13)5-3-8-11-10-5/h3,12H,1-2,4H2,(H,9,13)(H,8,10,11). The molecule has 6 heteroatoms. The molecule has 0 spiro atoms. The van der Waals surface area contributed by atoms with Gasteiger partial charge in [0.25, 0.3) is 5.91 Å². The summed E-state index contributed by atoms with van der Waals surface area (Å²) in [6.07, 6.45) is 3.00. The van der Waals surface area contributed by atoms with Crippen molar-refractivity contribution >= 4 is 5.91 Å². The molecule has 0 unspecified atom stereocenters. The molecular formula is C7H10N4O2. The summed E-state index contributed by atoms with van der Waals surface area (Å²) in [5, 5.41) is 21.2. The van der Waals surface area contributed by atoms with Gasteiger partial charge in [0, 0.05) is 0 Å². The number of hydrogen-bond donors (Lipinski definition) is 3. The number of amides is 1. The van der Waals surface area contributed by atoms with E-state index in [2.05, 4.69) is 20.7 Å². The molecule has 0 aromatic carbocycles. The van der Waals surface area contributed by atoms with Gasteiger partial charge < -0.3 is 10.4 Å². The highest BCUT2D eigenvalue weighted by Crippen LogP contribution is 2.34. The van der Waals surface area contributed by atoms with Crippen molar-refractivity contribution in [2.75, 3.05) is 6.61 Å². The Balaban J connectivity index is 2.00. The van der Waals surface area contributed by atoms with E-state index in [1.165, 1.54) is 6.20 Å². The van der Waals surface area contributed by atoms with Crippen LogP contribution in [0.5, 0.6) is 0 Å². The molecule has 6 nitrogen and oxygen atoms in total. The number of H-pyrrole nitrogens is 1. The molecule has 2 rings (SSSR count). The Kier molecular flexibility index (Phi) is 1.77. The predicted octanol–water partition coefficient (Wildman–Crippen LogP) is -0.941. The first-order chi connectivity index (χ1) is 6.26. The number of aromatic amines is 1. The summed E-state index contributed by atoms with van der Waals surface area (Å²) in [7, 11) is 0. The van der Waals surface area contributed by atoms with Gasteiger partial charge in [-0.2, -0.15) is 15.4 Å². The summed E-state index contributed by atoms with van der Waals surface area (Å²) in [6.45, 7) is -0.0173. The van der Waals surface area contributed by atoms with Gasteiger partial charge in [-0.15, -0.1) is 0 Å². The van der Waals surface area contributed by atoms with Crippen LogP contribution in [-0.2, 0) is 0 Å². The third kappa shape index (κ3) is 1.52. The maximum atomic E-state index is 11.4. The van der Waals surface area contributed by atoms with Crippen LogP contribution < -0.4 is 5.32 Å². The molecule has 0 aliphatic heterocycles. The number of rotatable bonds is 3. The first-order valence-electron chi connectivity index (χ1n) is 4.05. The first kappa shape index (κ1) is 8.18. The zero-order valence-corrected chi connectivity index (χ0v) is 6.95. The molecule has 3 N–H and O–H groups in total. The molecule has 0 atom stereocenters. The highest BCUT2D eigenvalue weighted by atomic mass is 16.3. The summed E-state index contributed by atoms with van der Waals surface area (Å²) in [4.78, 5) is 11.4. The number of aromatic nitrogens is 3. The van der Waals surface area contributed by atoms with Crippen molar-refractivity contribution in [3.05, 3.63) is 11.9 Å². The van der Waals surface area contributed by atoms with Crippen LogP contribution in [0.1, 0.15) is 23.3 Å². The van der Waals surface area contributed by atoms with E-state index in [9.17, 15) is 4.79 Å².